The molecule has 0 spiro atoms. The molecule has 1 fully saturated rings. The van der Waals surface area contributed by atoms with Crippen molar-refractivity contribution in [3.05, 3.63) is 93.8 Å². The zero-order valence-electron chi connectivity index (χ0n) is 19.0. The molecule has 6 heteroatoms. The van der Waals surface area contributed by atoms with E-state index in [9.17, 15) is 9.59 Å². The van der Waals surface area contributed by atoms with Crippen molar-refractivity contribution in [3.8, 4) is 22.8 Å². The number of fused-ring (bicyclic) bond motifs is 6. The van der Waals surface area contributed by atoms with Crippen LogP contribution in [0.1, 0.15) is 41.4 Å². The molecule has 0 radical (unpaired) electrons. The fourth-order valence-electron chi connectivity index (χ4n) is 5.93. The molecule has 1 amide bonds. The summed E-state index contributed by atoms with van der Waals surface area (Å²) < 4.78 is 17.3. The van der Waals surface area contributed by atoms with Crippen molar-refractivity contribution in [1.29, 1.82) is 0 Å². The van der Waals surface area contributed by atoms with Gasteiger partial charge in [-0.2, -0.15) is 0 Å². The van der Waals surface area contributed by atoms with E-state index in [0.29, 0.717) is 22.6 Å². The molecule has 2 atom stereocenters. The molecular weight excluding hydrogens is 442 g/mol. The minimum Gasteiger partial charge on any atom is -0.454 e. The summed E-state index contributed by atoms with van der Waals surface area (Å²) in [6.45, 7) is 1.71. The van der Waals surface area contributed by atoms with Crippen molar-refractivity contribution in [3.63, 3.8) is 0 Å². The molecule has 3 heterocycles. The molecule has 2 unspecified atom stereocenters. The number of nitrogens with zero attached hydrogens (tertiary/aromatic N) is 1. The Morgan fingerprint density at radius 2 is 1.60 bits per heavy atom. The van der Waals surface area contributed by atoms with Crippen LogP contribution in [0.4, 0.5) is 0 Å². The molecule has 7 rings (SSSR count). The summed E-state index contributed by atoms with van der Waals surface area (Å²) >= 11 is 0. The third kappa shape index (κ3) is 3.02. The summed E-state index contributed by atoms with van der Waals surface area (Å²) in [6, 6.07) is 21.2. The van der Waals surface area contributed by atoms with E-state index in [1.165, 1.54) is 0 Å². The van der Waals surface area contributed by atoms with Gasteiger partial charge in [-0.25, -0.2) is 4.79 Å². The summed E-state index contributed by atoms with van der Waals surface area (Å²) in [6.07, 6.45) is 2.03. The van der Waals surface area contributed by atoms with Gasteiger partial charge in [-0.1, -0.05) is 48.5 Å². The van der Waals surface area contributed by atoms with Crippen LogP contribution < -0.4 is 15.1 Å². The molecule has 1 aromatic heterocycles. The van der Waals surface area contributed by atoms with Gasteiger partial charge in [-0.15, -0.1) is 0 Å². The lowest BCUT2D eigenvalue weighted by molar-refractivity contribution is -0.132. The number of carbonyl (C=O) groups excluding carboxylic acids is 1. The van der Waals surface area contributed by atoms with Gasteiger partial charge < -0.3 is 18.8 Å². The summed E-state index contributed by atoms with van der Waals surface area (Å²) in [4.78, 5) is 29.2. The third-order valence-corrected chi connectivity index (χ3v) is 7.50. The van der Waals surface area contributed by atoms with Crippen LogP contribution in [0.25, 0.3) is 22.1 Å². The maximum atomic E-state index is 14.2. The Balaban J connectivity index is 1.56. The Morgan fingerprint density at radius 3 is 2.46 bits per heavy atom. The van der Waals surface area contributed by atoms with Gasteiger partial charge >= 0.3 is 5.63 Å². The second kappa shape index (κ2) is 7.73. The van der Waals surface area contributed by atoms with E-state index in [1.54, 1.807) is 6.07 Å². The second-order valence-electron chi connectivity index (χ2n) is 9.37. The number of hydrogen-bond donors (Lipinski definition) is 0. The molecule has 1 saturated heterocycles. The lowest BCUT2D eigenvalue weighted by Crippen LogP contribution is -2.37. The molecule has 3 aliphatic rings. The SMILES string of the molecule is O=C(C1c2ccccc2-c2oc(=O)c3ccccc3c2C1c1ccc2c(c1)OCO2)N1CCCC1. The quantitative estimate of drug-likeness (QED) is 0.415. The summed E-state index contributed by atoms with van der Waals surface area (Å²) in [7, 11) is 0. The minimum absolute atomic E-state index is 0.110. The van der Waals surface area contributed by atoms with Gasteiger partial charge in [0.05, 0.1) is 11.3 Å². The first-order chi connectivity index (χ1) is 17.2. The van der Waals surface area contributed by atoms with Gasteiger partial charge in [0.25, 0.3) is 0 Å². The van der Waals surface area contributed by atoms with Crippen LogP contribution in [0.3, 0.4) is 0 Å². The maximum Gasteiger partial charge on any atom is 0.344 e. The van der Waals surface area contributed by atoms with Crippen molar-refractivity contribution >= 4 is 16.7 Å². The van der Waals surface area contributed by atoms with E-state index in [4.69, 9.17) is 13.9 Å². The molecule has 1 aliphatic carbocycles. The highest BCUT2D eigenvalue weighted by Crippen LogP contribution is 2.53. The molecule has 35 heavy (non-hydrogen) atoms. The van der Waals surface area contributed by atoms with E-state index in [0.717, 1.165) is 53.6 Å². The van der Waals surface area contributed by atoms with Crippen LogP contribution in [0.15, 0.2) is 75.9 Å². The fourth-order valence-corrected chi connectivity index (χ4v) is 5.93. The lowest BCUT2D eigenvalue weighted by Gasteiger charge is -2.36. The number of ether oxygens (including phenoxy) is 2. The Bertz CT molecular complexity index is 1550. The Kier molecular flexibility index (Phi) is 4.49. The predicted octanol–water partition coefficient (Wildman–Crippen LogP) is 5.04. The van der Waals surface area contributed by atoms with E-state index < -0.39 is 5.92 Å². The summed E-state index contributed by atoms with van der Waals surface area (Å²) in [5.74, 6) is 1.20. The van der Waals surface area contributed by atoms with Crippen LogP contribution in [0.5, 0.6) is 11.5 Å². The predicted molar refractivity (Wildman–Crippen MR) is 131 cm³/mol. The molecule has 2 aliphatic heterocycles. The second-order valence-corrected chi connectivity index (χ2v) is 9.37. The molecule has 0 saturated carbocycles. The number of amides is 1. The van der Waals surface area contributed by atoms with Crippen LogP contribution in [-0.4, -0.2) is 30.7 Å². The van der Waals surface area contributed by atoms with Crippen LogP contribution in [0.2, 0.25) is 0 Å². The van der Waals surface area contributed by atoms with Crippen molar-refractivity contribution < 1.29 is 18.7 Å². The van der Waals surface area contributed by atoms with Crippen molar-refractivity contribution in [1.82, 2.24) is 4.90 Å². The number of carbonyl (C=O) groups is 1. The van der Waals surface area contributed by atoms with Crippen LogP contribution in [-0.2, 0) is 4.79 Å². The van der Waals surface area contributed by atoms with Gasteiger partial charge in [0.2, 0.25) is 12.7 Å². The van der Waals surface area contributed by atoms with E-state index >= 15 is 0 Å². The molecule has 3 aromatic carbocycles. The van der Waals surface area contributed by atoms with Crippen molar-refractivity contribution in [2.45, 2.75) is 24.7 Å². The first-order valence-electron chi connectivity index (χ1n) is 12.0. The first kappa shape index (κ1) is 20.3. The minimum atomic E-state index is -0.451. The maximum absolute atomic E-state index is 14.2. The third-order valence-electron chi connectivity index (χ3n) is 7.50. The molecule has 174 valence electrons. The standard InChI is InChI=1S/C29H23NO5/c31-28(30-13-5-6-14-30)26-18-7-1-3-9-20(18)27-25(19-8-2-4-10-21(19)29(32)35-27)24(26)17-11-12-22-23(15-17)34-16-33-22/h1-4,7-12,15,24,26H,5-6,13-14,16H2. The first-order valence-corrected chi connectivity index (χ1v) is 12.0. The number of rotatable bonds is 2. The Labute approximate surface area is 201 Å². The zero-order chi connectivity index (χ0) is 23.5. The molecule has 0 bridgehead atoms. The lowest BCUT2D eigenvalue weighted by atomic mass is 9.69. The summed E-state index contributed by atoms with van der Waals surface area (Å²) in [5, 5.41) is 1.33. The number of hydrogen-bond acceptors (Lipinski definition) is 5. The van der Waals surface area contributed by atoms with Gasteiger partial charge in [0, 0.05) is 30.1 Å². The van der Waals surface area contributed by atoms with Gasteiger partial charge in [0.1, 0.15) is 5.76 Å². The van der Waals surface area contributed by atoms with Gasteiger partial charge in [0.15, 0.2) is 11.5 Å². The van der Waals surface area contributed by atoms with E-state index in [-0.39, 0.29) is 24.2 Å². The average Bonchev–Trinajstić information content (AvgIpc) is 3.60. The van der Waals surface area contributed by atoms with Gasteiger partial charge in [-0.05, 0) is 47.6 Å². The topological polar surface area (TPSA) is 69.0 Å². The van der Waals surface area contributed by atoms with Crippen LogP contribution >= 0.6 is 0 Å². The monoisotopic (exact) mass is 465 g/mol. The molecule has 6 nitrogen and oxygen atoms in total. The highest BCUT2D eigenvalue weighted by atomic mass is 16.7. The highest BCUT2D eigenvalue weighted by molar-refractivity contribution is 5.97. The Morgan fingerprint density at radius 1 is 0.857 bits per heavy atom. The average molecular weight is 466 g/mol. The molecular formula is C29H23NO5. The van der Waals surface area contributed by atoms with E-state index in [2.05, 4.69) is 0 Å². The summed E-state index contributed by atoms with van der Waals surface area (Å²) in [5.41, 5.74) is 3.12. The van der Waals surface area contributed by atoms with E-state index in [1.807, 2.05) is 65.6 Å². The van der Waals surface area contributed by atoms with Crippen molar-refractivity contribution in [2.75, 3.05) is 19.9 Å². The van der Waals surface area contributed by atoms with Crippen molar-refractivity contribution in [2.24, 2.45) is 0 Å². The molecule has 0 N–H and O–H groups in total. The van der Waals surface area contributed by atoms with Crippen LogP contribution in [0, 0.1) is 0 Å². The number of likely N-dealkylation sites (tertiary alicyclic amines) is 1. The highest BCUT2D eigenvalue weighted by Gasteiger charge is 2.44. The molecule has 4 aromatic rings. The fraction of sp³-hybridized carbons (Fsp3) is 0.241. The Hall–Kier alpha value is -4.06. The van der Waals surface area contributed by atoms with Gasteiger partial charge in [-0.3, -0.25) is 4.79 Å². The normalized spacial score (nSPS) is 20.1. The smallest absolute Gasteiger partial charge is 0.344 e. The number of benzene rings is 3. The largest absolute Gasteiger partial charge is 0.454 e. The zero-order valence-corrected chi connectivity index (χ0v) is 19.0.